The monoisotopic (exact) mass is 1290 g/mol. The third kappa shape index (κ3) is 8.10. The van der Waals surface area contributed by atoms with Crippen molar-refractivity contribution in [1.82, 2.24) is 0 Å². The number of aryl methyl sites for hydroxylation is 8. The topological polar surface area (TPSA) is 0 Å². The van der Waals surface area contributed by atoms with Crippen LogP contribution in [0.1, 0.15) is 193 Å². The van der Waals surface area contributed by atoms with Gasteiger partial charge < -0.3 is 0 Å². The van der Waals surface area contributed by atoms with Gasteiger partial charge in [-0.25, -0.2) is 0 Å². The first-order valence-corrected chi connectivity index (χ1v) is 38.0. The molecule has 0 radical (unpaired) electrons. The molecule has 0 saturated heterocycles. The Morgan fingerprint density at radius 1 is 0.273 bits per heavy atom. The smallest absolute Gasteiger partial charge is 0.0389 e. The van der Waals surface area contributed by atoms with Crippen LogP contribution in [0.15, 0.2) is 84.9 Å². The van der Waals surface area contributed by atoms with Gasteiger partial charge in [0.15, 0.2) is 0 Å². The van der Waals surface area contributed by atoms with Crippen molar-refractivity contribution in [2.24, 2.45) is 0 Å². The Bertz CT molecular complexity index is 4750. The molecule has 0 saturated carbocycles. The van der Waals surface area contributed by atoms with Gasteiger partial charge >= 0.3 is 0 Å². The van der Waals surface area contributed by atoms with E-state index in [-0.39, 0.29) is 10.8 Å². The van der Waals surface area contributed by atoms with Gasteiger partial charge in [-0.3, -0.25) is 0 Å². The zero-order valence-corrected chi connectivity index (χ0v) is 59.9. The summed E-state index contributed by atoms with van der Waals surface area (Å²) in [4.78, 5) is 23.6. The van der Waals surface area contributed by atoms with Crippen LogP contribution in [0.25, 0.3) is 83.5 Å². The summed E-state index contributed by atoms with van der Waals surface area (Å²) in [5.74, 6) is 1.08. The van der Waals surface area contributed by atoms with Gasteiger partial charge in [-0.15, -0.1) is 90.7 Å². The lowest BCUT2D eigenvalue weighted by atomic mass is 9.79. The fraction of sp³-hybridized carbons (Fsp3) is 0.300. The predicted octanol–water partition coefficient (Wildman–Crippen LogP) is 25.5. The maximum Gasteiger partial charge on any atom is 0.0389 e. The molecule has 0 N–H and O–H groups in total. The maximum absolute atomic E-state index is 2.51. The molecule has 0 spiro atoms. The molecule has 0 aliphatic heterocycles. The van der Waals surface area contributed by atoms with E-state index in [9.17, 15) is 0 Å². The highest BCUT2D eigenvalue weighted by Gasteiger charge is 2.44. The summed E-state index contributed by atoms with van der Waals surface area (Å²) in [6.07, 6.45) is 4.52. The molecule has 88 heavy (non-hydrogen) atoms. The standard InChI is InChI=1S/C22H22S2.2C20H18S2.C18H14S2/c1-11-7-17-19(23-11)13-9-16-14(10-15(13)21(17,3)4)20-18(22(16,5)6)8-12(2)24-20;1-9-5-15-11(3)13-8-18-14(7-17(13)19(15)21-9)12(4)16-6-10(2)22-20(16)18;1-9-5-13-7-15-12(4)18-16(11(3)17(15)19(13)21-9)8-14-6-10(2)22-20(14)18;1-9-3-13-5-11-8-16-12(7-15(11)17(13)19-9)6-14-4-10(2)20-18(14)16/h7-10H,1-6H3;5-8,11-12H,1-4H3;5-6H,7-8H2,1-4H3;3-4,7-8H,5-6H2,1-2H3. The van der Waals surface area contributed by atoms with Crippen LogP contribution >= 0.6 is 90.7 Å². The van der Waals surface area contributed by atoms with Crippen molar-refractivity contribution in [3.63, 3.8) is 0 Å². The van der Waals surface area contributed by atoms with Crippen molar-refractivity contribution >= 4 is 90.7 Å². The third-order valence-corrected chi connectivity index (χ3v) is 30.0. The van der Waals surface area contributed by atoms with Crippen molar-refractivity contribution < 1.29 is 0 Å². The number of benzene rings is 4. The molecule has 2 unspecified atom stereocenters. The molecule has 8 aromatic heterocycles. The maximum atomic E-state index is 2.51. The first-order chi connectivity index (χ1) is 42.0. The Morgan fingerprint density at radius 3 is 0.977 bits per heavy atom. The van der Waals surface area contributed by atoms with E-state index in [0.717, 1.165) is 25.7 Å². The highest BCUT2D eigenvalue weighted by atomic mass is 32.1. The van der Waals surface area contributed by atoms with Crippen molar-refractivity contribution in [3.8, 4) is 83.5 Å². The summed E-state index contributed by atoms with van der Waals surface area (Å²) in [7, 11) is 0. The molecule has 2 atom stereocenters. The van der Waals surface area contributed by atoms with Crippen molar-refractivity contribution in [2.75, 3.05) is 0 Å². The normalized spacial score (nSPS) is 16.9. The quantitative estimate of drug-likeness (QED) is 0.142. The molecule has 0 fully saturated rings. The molecule has 12 aromatic rings. The summed E-state index contributed by atoms with van der Waals surface area (Å²) in [5.41, 5.74) is 40.0. The van der Waals surface area contributed by atoms with E-state index in [4.69, 9.17) is 0 Å². The van der Waals surface area contributed by atoms with E-state index >= 15 is 0 Å². The van der Waals surface area contributed by atoms with Crippen LogP contribution in [0.3, 0.4) is 0 Å². The van der Waals surface area contributed by atoms with Crippen LogP contribution < -0.4 is 0 Å². The Balaban J connectivity index is 0.0000000912. The fourth-order valence-corrected chi connectivity index (χ4v) is 26.1. The Hall–Kier alpha value is -5.52. The lowest BCUT2D eigenvalue weighted by Crippen LogP contribution is -2.16. The van der Waals surface area contributed by atoms with Crippen LogP contribution in [0, 0.1) is 69.2 Å². The van der Waals surface area contributed by atoms with Gasteiger partial charge in [0.1, 0.15) is 0 Å². The molecule has 8 heterocycles. The van der Waals surface area contributed by atoms with Crippen LogP contribution in [0.4, 0.5) is 0 Å². The van der Waals surface area contributed by atoms with Crippen molar-refractivity contribution in [1.29, 1.82) is 0 Å². The molecule has 0 bridgehead atoms. The zero-order chi connectivity index (χ0) is 60.8. The molecule has 20 rings (SSSR count). The minimum absolute atomic E-state index is 0.115. The summed E-state index contributed by atoms with van der Waals surface area (Å²) in [5, 5.41) is 0. The van der Waals surface area contributed by atoms with Gasteiger partial charge in [-0.2, -0.15) is 0 Å². The van der Waals surface area contributed by atoms with Crippen LogP contribution in [0.5, 0.6) is 0 Å². The molecule has 440 valence electrons. The zero-order valence-electron chi connectivity index (χ0n) is 53.3. The Kier molecular flexibility index (Phi) is 12.5. The van der Waals surface area contributed by atoms with E-state index in [0.29, 0.717) is 11.8 Å². The van der Waals surface area contributed by atoms with E-state index in [1.165, 1.54) is 180 Å². The largest absolute Gasteiger partial charge is 0.140 e. The third-order valence-electron chi connectivity index (χ3n) is 21.2. The van der Waals surface area contributed by atoms with Gasteiger partial charge in [0.2, 0.25) is 0 Å². The molecule has 4 aromatic carbocycles. The van der Waals surface area contributed by atoms with Gasteiger partial charge in [0.25, 0.3) is 0 Å². The molecule has 8 aliphatic rings. The molecule has 0 amide bonds. The summed E-state index contributed by atoms with van der Waals surface area (Å²) in [6.45, 7) is 36.8. The Morgan fingerprint density at radius 2 is 0.591 bits per heavy atom. The Labute approximate surface area is 552 Å². The van der Waals surface area contributed by atoms with Crippen LogP contribution in [-0.4, -0.2) is 0 Å². The van der Waals surface area contributed by atoms with Crippen molar-refractivity contribution in [3.05, 3.63) is 224 Å². The molecule has 8 aliphatic carbocycles. The number of hydrogen-bond acceptors (Lipinski definition) is 8. The number of rotatable bonds is 0. The number of fused-ring (bicyclic) bond motifs is 24. The minimum Gasteiger partial charge on any atom is -0.140 e. The molecular formula is C80H72S8. The van der Waals surface area contributed by atoms with Gasteiger partial charge in [0.05, 0.1) is 0 Å². The molecular weight excluding hydrogens is 1220 g/mol. The van der Waals surface area contributed by atoms with E-state index in [1.54, 1.807) is 43.1 Å². The van der Waals surface area contributed by atoms with Gasteiger partial charge in [0, 0.05) is 101 Å². The second-order valence-corrected chi connectivity index (χ2v) is 37.9. The number of thiophene rings is 8. The lowest BCUT2D eigenvalue weighted by molar-refractivity contribution is 0.652. The first kappa shape index (κ1) is 56.5. The van der Waals surface area contributed by atoms with Crippen LogP contribution in [-0.2, 0) is 36.5 Å². The predicted molar refractivity (Wildman–Crippen MR) is 390 cm³/mol. The van der Waals surface area contributed by atoms with Gasteiger partial charge in [-0.05, 0) is 324 Å². The second-order valence-electron chi connectivity index (χ2n) is 27.8. The molecule has 0 nitrogen and oxygen atoms in total. The highest BCUT2D eigenvalue weighted by molar-refractivity contribution is 7.18. The van der Waals surface area contributed by atoms with E-state index in [2.05, 4.69) is 196 Å². The fourth-order valence-electron chi connectivity index (χ4n) is 16.9. The van der Waals surface area contributed by atoms with Crippen LogP contribution in [0.2, 0.25) is 0 Å². The highest BCUT2D eigenvalue weighted by Crippen LogP contribution is 2.61. The van der Waals surface area contributed by atoms with Gasteiger partial charge in [-0.1, -0.05) is 41.5 Å². The molecule has 8 heteroatoms. The summed E-state index contributed by atoms with van der Waals surface area (Å²) in [6, 6.07) is 34.0. The minimum atomic E-state index is 0.115. The average molecular weight is 1290 g/mol. The van der Waals surface area contributed by atoms with E-state index in [1.807, 2.05) is 90.7 Å². The van der Waals surface area contributed by atoms with E-state index < -0.39 is 0 Å². The van der Waals surface area contributed by atoms with Crippen molar-refractivity contribution in [2.45, 2.75) is 159 Å². The lowest BCUT2D eigenvalue weighted by Gasteiger charge is -2.24. The number of hydrogen-bond donors (Lipinski definition) is 0. The average Bonchev–Trinajstić information content (AvgIpc) is 1.57. The summed E-state index contributed by atoms with van der Waals surface area (Å²) >= 11 is 15.7. The SMILES string of the molecule is Cc1cc2c(s1)-c1c(C)c3c(c(C)c1C2)-c1sc(C)cc1C3.Cc1cc2c(s1)-c1cc3c(cc1C2(C)C)-c1sc(C)cc1C3(C)C.Cc1cc2c(s1)-c1cc3c(cc1C2)-c1sc(C)cc1C3.Cc1cc2c(s1)-c1cc3c(cc1C2C)-c1sc(C)cc1C3C. The second kappa shape index (κ2) is 19.5. The first-order valence-electron chi connectivity index (χ1n) is 31.5. The summed E-state index contributed by atoms with van der Waals surface area (Å²) < 4.78 is 0.